The van der Waals surface area contributed by atoms with Crippen molar-refractivity contribution in [3.8, 4) is 11.5 Å². The fraction of sp³-hybridized carbons (Fsp3) is 0.625. The minimum atomic E-state index is -0.903. The van der Waals surface area contributed by atoms with Crippen LogP contribution in [0.15, 0.2) is 12.1 Å². The summed E-state index contributed by atoms with van der Waals surface area (Å²) in [5.74, 6) is 1.30. The molecule has 0 amide bonds. The van der Waals surface area contributed by atoms with Crippen LogP contribution in [0, 0.1) is 5.92 Å². The molecule has 0 aliphatic heterocycles. The minimum absolute atomic E-state index is 0.0908. The Morgan fingerprint density at radius 2 is 2.05 bits per heavy atom. The summed E-state index contributed by atoms with van der Waals surface area (Å²) in [6, 6.07) is 3.57. The fourth-order valence-corrected chi connectivity index (χ4v) is 1.94. The van der Waals surface area contributed by atoms with Crippen molar-refractivity contribution in [2.24, 2.45) is 5.92 Å². The molecule has 0 aromatic heterocycles. The number of hydrogen-bond acceptors (Lipinski definition) is 4. The fourth-order valence-electron chi connectivity index (χ4n) is 1.71. The Bertz CT molecular complexity index is 461. The van der Waals surface area contributed by atoms with E-state index in [1.165, 1.54) is 0 Å². The zero-order chi connectivity index (χ0) is 16.0. The number of rotatable bonds is 8. The van der Waals surface area contributed by atoms with Gasteiger partial charge in [-0.05, 0) is 25.5 Å². The number of hydrogen-bond donors (Lipinski definition) is 2. The number of nitrogens with one attached hydrogen (secondary N) is 1. The molecule has 120 valence electrons. The molecule has 5 heteroatoms. The summed E-state index contributed by atoms with van der Waals surface area (Å²) in [4.78, 5) is 0. The van der Waals surface area contributed by atoms with Gasteiger partial charge in [0.1, 0.15) is 6.61 Å². The highest BCUT2D eigenvalue weighted by atomic mass is 35.5. The molecule has 0 aliphatic carbocycles. The molecular weight excluding hydrogens is 290 g/mol. The monoisotopic (exact) mass is 315 g/mol. The molecule has 1 aromatic carbocycles. The van der Waals surface area contributed by atoms with Crippen molar-refractivity contribution in [2.75, 3.05) is 20.3 Å². The van der Waals surface area contributed by atoms with Gasteiger partial charge in [0.05, 0.1) is 12.7 Å². The molecule has 0 radical (unpaired) electrons. The number of halogens is 1. The van der Waals surface area contributed by atoms with Crippen molar-refractivity contribution < 1.29 is 14.6 Å². The average Bonchev–Trinajstić information content (AvgIpc) is 2.42. The van der Waals surface area contributed by atoms with E-state index >= 15 is 0 Å². The maximum atomic E-state index is 10.3. The maximum absolute atomic E-state index is 10.3. The number of aliphatic hydroxyl groups is 1. The predicted molar refractivity (Wildman–Crippen MR) is 86.3 cm³/mol. The van der Waals surface area contributed by atoms with Crippen molar-refractivity contribution in [3.05, 3.63) is 22.7 Å². The predicted octanol–water partition coefficient (Wildman–Crippen LogP) is 3.24. The summed E-state index contributed by atoms with van der Waals surface area (Å²) in [5, 5.41) is 14.2. The van der Waals surface area contributed by atoms with Crippen molar-refractivity contribution in [2.45, 2.75) is 39.8 Å². The summed E-state index contributed by atoms with van der Waals surface area (Å²) in [7, 11) is 1.58. The Hall–Kier alpha value is -0.970. The second kappa shape index (κ2) is 7.87. The zero-order valence-electron chi connectivity index (χ0n) is 13.5. The lowest BCUT2D eigenvalue weighted by atomic mass is 9.94. The molecule has 0 saturated heterocycles. The third-order valence-corrected chi connectivity index (χ3v) is 3.85. The van der Waals surface area contributed by atoms with Gasteiger partial charge < -0.3 is 19.9 Å². The van der Waals surface area contributed by atoms with Crippen molar-refractivity contribution >= 4 is 11.6 Å². The molecule has 0 spiro atoms. The molecule has 0 aliphatic rings. The Morgan fingerprint density at radius 1 is 1.38 bits per heavy atom. The van der Waals surface area contributed by atoms with Crippen molar-refractivity contribution in [1.29, 1.82) is 0 Å². The largest absolute Gasteiger partial charge is 0.493 e. The summed E-state index contributed by atoms with van der Waals surface area (Å²) in [6.45, 7) is 9.40. The third-order valence-electron chi connectivity index (χ3n) is 3.63. The van der Waals surface area contributed by atoms with Gasteiger partial charge in [-0.3, -0.25) is 0 Å². The van der Waals surface area contributed by atoms with Gasteiger partial charge in [0.25, 0.3) is 0 Å². The van der Waals surface area contributed by atoms with E-state index in [0.717, 1.165) is 12.1 Å². The van der Waals surface area contributed by atoms with E-state index in [2.05, 4.69) is 5.32 Å². The Kier molecular flexibility index (Phi) is 6.78. The molecule has 1 unspecified atom stereocenters. The first-order valence-corrected chi connectivity index (χ1v) is 7.62. The first kappa shape index (κ1) is 18.1. The van der Waals surface area contributed by atoms with Crippen LogP contribution in [0.2, 0.25) is 5.02 Å². The second-order valence-electron chi connectivity index (χ2n) is 5.68. The van der Waals surface area contributed by atoms with Crippen LogP contribution in [-0.4, -0.2) is 31.0 Å². The van der Waals surface area contributed by atoms with Gasteiger partial charge in [-0.1, -0.05) is 32.4 Å². The van der Waals surface area contributed by atoms with E-state index in [1.807, 2.05) is 26.8 Å². The summed E-state index contributed by atoms with van der Waals surface area (Å²) in [6.07, 6.45) is 0. The lowest BCUT2D eigenvalue weighted by Crippen LogP contribution is -2.38. The van der Waals surface area contributed by atoms with Crippen molar-refractivity contribution in [3.63, 3.8) is 0 Å². The molecule has 0 heterocycles. The number of ether oxygens (including phenoxy) is 2. The first-order chi connectivity index (χ1) is 9.81. The number of methoxy groups -OCH3 is 1. The van der Waals surface area contributed by atoms with Crippen LogP contribution in [0.5, 0.6) is 11.5 Å². The highest BCUT2D eigenvalue weighted by Gasteiger charge is 2.27. The van der Waals surface area contributed by atoms with E-state index in [4.69, 9.17) is 21.1 Å². The lowest BCUT2D eigenvalue weighted by Gasteiger charge is -2.28. The first-order valence-electron chi connectivity index (χ1n) is 7.24. The van der Waals surface area contributed by atoms with Gasteiger partial charge in [0, 0.05) is 23.2 Å². The van der Waals surface area contributed by atoms with Gasteiger partial charge in [0.2, 0.25) is 0 Å². The normalized spacial score (nSPS) is 14.1. The highest BCUT2D eigenvalue weighted by molar-refractivity contribution is 6.30. The van der Waals surface area contributed by atoms with E-state index in [0.29, 0.717) is 23.1 Å². The van der Waals surface area contributed by atoms with Crippen LogP contribution in [0.4, 0.5) is 0 Å². The van der Waals surface area contributed by atoms with Gasteiger partial charge in [-0.2, -0.15) is 0 Å². The van der Waals surface area contributed by atoms with Crippen LogP contribution in [-0.2, 0) is 6.54 Å². The standard InChI is InChI=1S/C16H26ClNO3/c1-6-18-9-12-7-13(17)8-14(20-5)15(12)21-10-16(4,19)11(2)3/h7-8,11,18-19H,6,9-10H2,1-5H3. The average molecular weight is 316 g/mol. The van der Waals surface area contributed by atoms with E-state index < -0.39 is 5.60 Å². The van der Waals surface area contributed by atoms with Crippen molar-refractivity contribution in [1.82, 2.24) is 5.32 Å². The number of benzene rings is 1. The molecule has 2 N–H and O–H groups in total. The Labute approximate surface area is 132 Å². The Balaban J connectivity index is 3.02. The van der Waals surface area contributed by atoms with Crippen LogP contribution < -0.4 is 14.8 Å². The SMILES string of the molecule is CCNCc1cc(Cl)cc(OC)c1OCC(C)(O)C(C)C. The molecular formula is C16H26ClNO3. The van der Waals surface area contributed by atoms with E-state index in [-0.39, 0.29) is 12.5 Å². The van der Waals surface area contributed by atoms with Gasteiger partial charge >= 0.3 is 0 Å². The van der Waals surface area contributed by atoms with Crippen LogP contribution in [0.1, 0.15) is 33.3 Å². The van der Waals surface area contributed by atoms with Gasteiger partial charge in [0.15, 0.2) is 11.5 Å². The summed E-state index contributed by atoms with van der Waals surface area (Å²) in [5.41, 5.74) is 0.0147. The smallest absolute Gasteiger partial charge is 0.165 e. The second-order valence-corrected chi connectivity index (χ2v) is 6.11. The third kappa shape index (κ3) is 5.06. The van der Waals surface area contributed by atoms with Crippen LogP contribution >= 0.6 is 11.6 Å². The molecule has 1 aromatic rings. The molecule has 21 heavy (non-hydrogen) atoms. The molecule has 1 rings (SSSR count). The van der Waals surface area contributed by atoms with Gasteiger partial charge in [-0.25, -0.2) is 0 Å². The zero-order valence-corrected chi connectivity index (χ0v) is 14.3. The molecule has 0 saturated carbocycles. The van der Waals surface area contributed by atoms with E-state index in [9.17, 15) is 5.11 Å². The van der Waals surface area contributed by atoms with Crippen LogP contribution in [0.3, 0.4) is 0 Å². The molecule has 0 bridgehead atoms. The summed E-state index contributed by atoms with van der Waals surface area (Å²) >= 11 is 6.11. The molecule has 1 atom stereocenters. The molecule has 0 fully saturated rings. The van der Waals surface area contributed by atoms with Crippen LogP contribution in [0.25, 0.3) is 0 Å². The topological polar surface area (TPSA) is 50.7 Å². The summed E-state index contributed by atoms with van der Waals surface area (Å²) < 4.78 is 11.2. The van der Waals surface area contributed by atoms with Gasteiger partial charge in [-0.15, -0.1) is 0 Å². The highest BCUT2D eigenvalue weighted by Crippen LogP contribution is 2.35. The molecule has 4 nitrogen and oxygen atoms in total. The lowest BCUT2D eigenvalue weighted by molar-refractivity contribution is -0.0274. The maximum Gasteiger partial charge on any atom is 0.165 e. The van der Waals surface area contributed by atoms with E-state index in [1.54, 1.807) is 20.1 Å². The Morgan fingerprint density at radius 3 is 2.57 bits per heavy atom. The quantitative estimate of drug-likeness (QED) is 0.773. The minimum Gasteiger partial charge on any atom is -0.493 e.